The third-order valence-electron chi connectivity index (χ3n) is 0.370. The van der Waals surface area contributed by atoms with E-state index in [4.69, 9.17) is 10.4 Å². The third kappa shape index (κ3) is 2.83. The molecule has 0 spiro atoms. The fourth-order valence-electron chi connectivity index (χ4n) is 0.147. The number of nitrogens with zero attached hydrogens (tertiary/aromatic N) is 2. The molecule has 0 aromatic carbocycles. The molecule has 0 heterocycles. The summed E-state index contributed by atoms with van der Waals surface area (Å²) in [5.74, 6) is -0.671. The first-order chi connectivity index (χ1) is 3.81. The van der Waals surface area contributed by atoms with Gasteiger partial charge in [0.05, 0.1) is 0 Å². The smallest absolute Gasteiger partial charge is 0.221 e. The lowest BCUT2D eigenvalue weighted by Crippen LogP contribution is -1.99. The highest BCUT2D eigenvalue weighted by atomic mass is 16.4. The van der Waals surface area contributed by atoms with Crippen LogP contribution in [0.4, 0.5) is 0 Å². The molecule has 0 amide bonds. The molecule has 0 fully saturated rings. The van der Waals surface area contributed by atoms with E-state index in [0.717, 1.165) is 0 Å². The molecule has 44 valence electrons. The van der Waals surface area contributed by atoms with Gasteiger partial charge in [0.2, 0.25) is 5.78 Å². The van der Waals surface area contributed by atoms with Crippen LogP contribution in [0.1, 0.15) is 0 Å². The number of ketones is 1. The maximum atomic E-state index is 10.0. The van der Waals surface area contributed by atoms with Gasteiger partial charge in [-0.3, -0.25) is 4.79 Å². The van der Waals surface area contributed by atoms with Crippen LogP contribution < -0.4 is 0 Å². The lowest BCUT2D eigenvalue weighted by atomic mass is 10.5. The zero-order chi connectivity index (χ0) is 6.41. The minimum absolute atomic E-state index is 0.611. The van der Waals surface area contributed by atoms with Gasteiger partial charge in [-0.2, -0.15) is 0 Å². The molecule has 0 bridgehead atoms. The van der Waals surface area contributed by atoms with Gasteiger partial charge < -0.3 is 10.4 Å². The van der Waals surface area contributed by atoms with Crippen LogP contribution in [0.15, 0.2) is 10.3 Å². The van der Waals surface area contributed by atoms with Crippen LogP contribution in [0.25, 0.3) is 0 Å². The van der Waals surface area contributed by atoms with Gasteiger partial charge in [0.25, 0.3) is 0 Å². The monoisotopic (exact) mass is 116 g/mol. The van der Waals surface area contributed by atoms with Crippen LogP contribution >= 0.6 is 0 Å². The molecular formula is C3H4N2O3. The summed E-state index contributed by atoms with van der Waals surface area (Å²) in [5.41, 5.74) is 0. The topological polar surface area (TPSA) is 82.2 Å². The van der Waals surface area contributed by atoms with Gasteiger partial charge in [0.1, 0.15) is 12.4 Å². The molecule has 0 unspecified atom stereocenters. The van der Waals surface area contributed by atoms with Crippen molar-refractivity contribution in [2.45, 2.75) is 0 Å². The zero-order valence-electron chi connectivity index (χ0n) is 3.85. The summed E-state index contributed by atoms with van der Waals surface area (Å²) in [6.07, 6.45) is 1.22. The van der Waals surface area contributed by atoms with E-state index in [1.807, 2.05) is 0 Å². The summed E-state index contributed by atoms with van der Waals surface area (Å²) in [4.78, 5) is 10.0. The number of hydrogen-bond donors (Lipinski definition) is 2. The fraction of sp³-hybridized carbons (Fsp3) is 0. The summed E-state index contributed by atoms with van der Waals surface area (Å²) in [7, 11) is 0. The standard InChI is InChI=1S/C3H4N2O3/c6-3(1-4-7)2-5-8/h1-2,7-8H. The average molecular weight is 116 g/mol. The Morgan fingerprint density at radius 3 is 1.88 bits per heavy atom. The largest absolute Gasteiger partial charge is 0.411 e. The number of Topliss-reactive ketones (excluding diaryl/α,β-unsaturated/α-hetero) is 1. The molecule has 0 aromatic rings. The van der Waals surface area contributed by atoms with Gasteiger partial charge in [0, 0.05) is 0 Å². The molecule has 0 rings (SSSR count). The number of oxime groups is 2. The first kappa shape index (κ1) is 6.61. The van der Waals surface area contributed by atoms with Crippen molar-refractivity contribution in [2.75, 3.05) is 0 Å². The molecule has 0 radical (unpaired) electrons. The Balaban J connectivity index is 3.66. The van der Waals surface area contributed by atoms with Crippen molar-refractivity contribution in [3.63, 3.8) is 0 Å². The van der Waals surface area contributed by atoms with Gasteiger partial charge >= 0.3 is 0 Å². The van der Waals surface area contributed by atoms with Gasteiger partial charge in [-0.05, 0) is 0 Å². The van der Waals surface area contributed by atoms with Crippen LogP contribution in [-0.4, -0.2) is 28.6 Å². The minimum Gasteiger partial charge on any atom is -0.411 e. The van der Waals surface area contributed by atoms with E-state index in [1.165, 1.54) is 0 Å². The number of hydrogen-bond acceptors (Lipinski definition) is 5. The molecular weight excluding hydrogens is 112 g/mol. The summed E-state index contributed by atoms with van der Waals surface area (Å²) in [6, 6.07) is 0. The number of rotatable bonds is 2. The van der Waals surface area contributed by atoms with Gasteiger partial charge in [-0.15, -0.1) is 0 Å². The van der Waals surface area contributed by atoms with Crippen molar-refractivity contribution >= 4 is 18.2 Å². The second-order valence-electron chi connectivity index (χ2n) is 0.892. The summed E-state index contributed by atoms with van der Waals surface area (Å²) >= 11 is 0. The predicted molar refractivity (Wildman–Crippen MR) is 25.6 cm³/mol. The molecule has 0 saturated heterocycles. The third-order valence-corrected chi connectivity index (χ3v) is 0.370. The Morgan fingerprint density at radius 2 is 1.62 bits per heavy atom. The molecule has 0 atom stereocenters. The summed E-state index contributed by atoms with van der Waals surface area (Å²) in [5, 5.41) is 20.1. The van der Waals surface area contributed by atoms with Crippen molar-refractivity contribution < 1.29 is 15.2 Å². The first-order valence-electron chi connectivity index (χ1n) is 1.70. The molecule has 5 nitrogen and oxygen atoms in total. The van der Waals surface area contributed by atoms with Crippen molar-refractivity contribution in [3.8, 4) is 0 Å². The van der Waals surface area contributed by atoms with E-state index in [0.29, 0.717) is 12.4 Å². The van der Waals surface area contributed by atoms with Crippen LogP contribution in [0.5, 0.6) is 0 Å². The van der Waals surface area contributed by atoms with E-state index in [-0.39, 0.29) is 0 Å². The number of carbonyl (C=O) groups excluding carboxylic acids is 1. The van der Waals surface area contributed by atoms with Crippen molar-refractivity contribution in [1.82, 2.24) is 0 Å². The molecule has 2 N–H and O–H groups in total. The normalized spacial score (nSPS) is 11.0. The van der Waals surface area contributed by atoms with E-state index in [9.17, 15) is 4.79 Å². The lowest BCUT2D eigenvalue weighted by molar-refractivity contribution is -0.106. The van der Waals surface area contributed by atoms with Crippen LogP contribution in [0, 0.1) is 0 Å². The second kappa shape index (κ2) is 3.79. The van der Waals surface area contributed by atoms with E-state index in [1.54, 1.807) is 0 Å². The van der Waals surface area contributed by atoms with E-state index < -0.39 is 5.78 Å². The molecule has 0 aromatic heterocycles. The Labute approximate surface area is 44.9 Å². The predicted octanol–water partition coefficient (Wildman–Crippen LogP) is -0.525. The van der Waals surface area contributed by atoms with Gasteiger partial charge in [-0.1, -0.05) is 10.3 Å². The highest BCUT2D eigenvalue weighted by Gasteiger charge is 1.87. The van der Waals surface area contributed by atoms with Gasteiger partial charge in [0.15, 0.2) is 0 Å². The van der Waals surface area contributed by atoms with Crippen LogP contribution in [0.2, 0.25) is 0 Å². The quantitative estimate of drug-likeness (QED) is 0.289. The summed E-state index contributed by atoms with van der Waals surface area (Å²) < 4.78 is 0. The summed E-state index contributed by atoms with van der Waals surface area (Å²) in [6.45, 7) is 0. The Bertz CT molecular complexity index is 114. The van der Waals surface area contributed by atoms with Crippen molar-refractivity contribution in [1.29, 1.82) is 0 Å². The molecule has 0 saturated carbocycles. The van der Waals surface area contributed by atoms with Gasteiger partial charge in [-0.25, -0.2) is 0 Å². The highest BCUT2D eigenvalue weighted by Crippen LogP contribution is 1.58. The SMILES string of the molecule is O=C(C=NO)C=NO. The zero-order valence-corrected chi connectivity index (χ0v) is 3.85. The molecule has 8 heavy (non-hydrogen) atoms. The lowest BCUT2D eigenvalue weighted by Gasteiger charge is -1.72. The maximum Gasteiger partial charge on any atom is 0.221 e. The van der Waals surface area contributed by atoms with Crippen LogP contribution in [-0.2, 0) is 4.79 Å². The van der Waals surface area contributed by atoms with Crippen molar-refractivity contribution in [3.05, 3.63) is 0 Å². The highest BCUT2D eigenvalue weighted by molar-refractivity contribution is 6.52. The van der Waals surface area contributed by atoms with E-state index >= 15 is 0 Å². The van der Waals surface area contributed by atoms with Crippen molar-refractivity contribution in [2.24, 2.45) is 10.3 Å². The fourth-order valence-corrected chi connectivity index (χ4v) is 0.147. The molecule has 0 aliphatic carbocycles. The first-order valence-corrected chi connectivity index (χ1v) is 1.70. The number of carbonyl (C=O) groups is 1. The van der Waals surface area contributed by atoms with E-state index in [2.05, 4.69) is 10.3 Å². The Kier molecular flexibility index (Phi) is 3.13. The Hall–Kier alpha value is -1.39. The van der Waals surface area contributed by atoms with Crippen LogP contribution in [0.3, 0.4) is 0 Å². The second-order valence-corrected chi connectivity index (χ2v) is 0.892. The maximum absolute atomic E-state index is 10.0. The Morgan fingerprint density at radius 1 is 1.25 bits per heavy atom. The minimum atomic E-state index is -0.671. The average Bonchev–Trinajstić information content (AvgIpc) is 1.68. The molecule has 0 aliphatic heterocycles. The molecule has 5 heteroatoms. The molecule has 0 aliphatic rings.